The van der Waals surface area contributed by atoms with Crippen molar-refractivity contribution in [3.63, 3.8) is 0 Å². The lowest BCUT2D eigenvalue weighted by Crippen LogP contribution is -2.57. The summed E-state index contributed by atoms with van der Waals surface area (Å²) in [5, 5.41) is 18.7. The van der Waals surface area contributed by atoms with Crippen LogP contribution in [0.4, 0.5) is 0 Å². The number of para-hydroxylation sites is 1. The fourth-order valence-electron chi connectivity index (χ4n) is 4.77. The predicted octanol–water partition coefficient (Wildman–Crippen LogP) is 1.70. The number of unbranched alkanes of at least 4 members (excludes halogenated alkanes) is 1. The number of nitrogens with one attached hydrogen (secondary N) is 4. The van der Waals surface area contributed by atoms with Gasteiger partial charge in [0, 0.05) is 23.5 Å². The van der Waals surface area contributed by atoms with E-state index in [-0.39, 0.29) is 12.8 Å². The highest BCUT2D eigenvalue weighted by atomic mass is 32.2. The third-order valence-electron chi connectivity index (χ3n) is 7.17. The Morgan fingerprint density at radius 3 is 2.19 bits per heavy atom. The highest BCUT2D eigenvalue weighted by Gasteiger charge is 2.31. The monoisotopic (exact) mass is 610 g/mol. The number of fused-ring (bicyclic) bond motifs is 1. The molecule has 3 amide bonds. The van der Waals surface area contributed by atoms with Crippen LogP contribution in [0, 0.1) is 0 Å². The largest absolute Gasteiger partial charge is 0.480 e. The van der Waals surface area contributed by atoms with E-state index in [1.54, 1.807) is 6.20 Å². The zero-order valence-electron chi connectivity index (χ0n) is 24.4. The Hall–Kier alpha value is -3.87. The molecule has 1 heterocycles. The first-order valence-electron chi connectivity index (χ1n) is 14.4. The zero-order valence-corrected chi connectivity index (χ0v) is 25.2. The van der Waals surface area contributed by atoms with Crippen molar-refractivity contribution in [3.05, 3.63) is 71.9 Å². The van der Waals surface area contributed by atoms with Crippen molar-refractivity contribution in [2.45, 2.75) is 62.7 Å². The molecule has 0 saturated heterocycles. The van der Waals surface area contributed by atoms with Crippen LogP contribution in [-0.2, 0) is 32.0 Å². The minimum atomic E-state index is -1.15. The van der Waals surface area contributed by atoms with Gasteiger partial charge in [0.05, 0.1) is 6.04 Å². The Bertz CT molecular complexity index is 1350. The van der Waals surface area contributed by atoms with Gasteiger partial charge in [0.15, 0.2) is 0 Å². The lowest BCUT2D eigenvalue weighted by molar-refractivity contribution is -0.142. The van der Waals surface area contributed by atoms with Crippen LogP contribution in [0.1, 0.15) is 36.8 Å². The Morgan fingerprint density at radius 1 is 0.837 bits per heavy atom. The number of hydrogen-bond donors (Lipinski definition) is 7. The summed E-state index contributed by atoms with van der Waals surface area (Å²) in [5.74, 6) is -2.29. The van der Waals surface area contributed by atoms with E-state index in [1.165, 1.54) is 11.8 Å². The third-order valence-corrected chi connectivity index (χ3v) is 7.82. The summed E-state index contributed by atoms with van der Waals surface area (Å²) in [6.07, 6.45) is 5.75. The minimum Gasteiger partial charge on any atom is -0.480 e. The van der Waals surface area contributed by atoms with Gasteiger partial charge in [-0.15, -0.1) is 0 Å². The van der Waals surface area contributed by atoms with Crippen LogP contribution >= 0.6 is 11.8 Å². The van der Waals surface area contributed by atoms with Crippen LogP contribution in [0.5, 0.6) is 0 Å². The summed E-state index contributed by atoms with van der Waals surface area (Å²) in [4.78, 5) is 55.2. The van der Waals surface area contributed by atoms with Crippen molar-refractivity contribution >= 4 is 46.4 Å². The number of H-pyrrole nitrogens is 1. The summed E-state index contributed by atoms with van der Waals surface area (Å²) < 4.78 is 0. The normalized spacial score (nSPS) is 13.9. The molecule has 0 aliphatic heterocycles. The van der Waals surface area contributed by atoms with Crippen molar-refractivity contribution in [1.29, 1.82) is 0 Å². The molecular formula is C31H42N6O5S. The summed E-state index contributed by atoms with van der Waals surface area (Å²) in [7, 11) is 0. The van der Waals surface area contributed by atoms with Crippen molar-refractivity contribution in [2.75, 3.05) is 18.6 Å². The Balaban J connectivity index is 1.81. The molecule has 11 nitrogen and oxygen atoms in total. The number of carbonyl (C=O) groups is 4. The topological polar surface area (TPSA) is 192 Å². The van der Waals surface area contributed by atoms with Crippen LogP contribution in [0.2, 0.25) is 0 Å². The minimum absolute atomic E-state index is 0.105. The van der Waals surface area contributed by atoms with Gasteiger partial charge in [-0.3, -0.25) is 14.4 Å². The highest BCUT2D eigenvalue weighted by molar-refractivity contribution is 7.98. The van der Waals surface area contributed by atoms with Gasteiger partial charge in [-0.25, -0.2) is 4.79 Å². The number of carboxylic acid groups (broad SMARTS) is 1. The molecular weight excluding hydrogens is 568 g/mol. The summed E-state index contributed by atoms with van der Waals surface area (Å²) >= 11 is 1.47. The first-order valence-corrected chi connectivity index (χ1v) is 15.8. The number of thioether (sulfide) groups is 1. The molecule has 0 aliphatic rings. The summed E-state index contributed by atoms with van der Waals surface area (Å²) in [6, 6.07) is 12.8. The number of aliphatic carboxylic acids is 1. The van der Waals surface area contributed by atoms with E-state index in [1.807, 2.05) is 60.9 Å². The summed E-state index contributed by atoms with van der Waals surface area (Å²) in [5.41, 5.74) is 14.4. The van der Waals surface area contributed by atoms with Crippen molar-refractivity contribution in [1.82, 2.24) is 20.9 Å². The van der Waals surface area contributed by atoms with Gasteiger partial charge in [-0.1, -0.05) is 48.5 Å². The van der Waals surface area contributed by atoms with Gasteiger partial charge < -0.3 is 37.5 Å². The zero-order chi connectivity index (χ0) is 31.2. The van der Waals surface area contributed by atoms with Crippen LogP contribution < -0.4 is 27.4 Å². The lowest BCUT2D eigenvalue weighted by Gasteiger charge is -2.25. The van der Waals surface area contributed by atoms with E-state index < -0.39 is 47.9 Å². The molecule has 3 aromatic rings. The van der Waals surface area contributed by atoms with Crippen LogP contribution in [0.3, 0.4) is 0 Å². The lowest BCUT2D eigenvalue weighted by atomic mass is 10.0. The average Bonchev–Trinajstić information content (AvgIpc) is 3.41. The molecule has 2 aromatic carbocycles. The molecule has 12 heteroatoms. The molecule has 0 saturated carbocycles. The molecule has 43 heavy (non-hydrogen) atoms. The molecule has 0 aliphatic carbocycles. The number of benzene rings is 2. The molecule has 0 fully saturated rings. The Morgan fingerprint density at radius 2 is 1.49 bits per heavy atom. The molecule has 0 bridgehead atoms. The van der Waals surface area contributed by atoms with E-state index in [4.69, 9.17) is 11.5 Å². The number of carbonyl (C=O) groups excluding carboxylic acids is 3. The van der Waals surface area contributed by atoms with Gasteiger partial charge in [-0.05, 0) is 67.9 Å². The number of nitrogens with two attached hydrogens (primary N) is 2. The molecule has 9 N–H and O–H groups in total. The van der Waals surface area contributed by atoms with Crippen molar-refractivity contribution < 1.29 is 24.3 Å². The fraction of sp³-hybridized carbons (Fsp3) is 0.419. The first kappa shape index (κ1) is 33.6. The second-order valence-corrected chi connectivity index (χ2v) is 11.4. The number of rotatable bonds is 18. The number of hydrogen-bond acceptors (Lipinski definition) is 7. The van der Waals surface area contributed by atoms with Gasteiger partial charge in [0.1, 0.15) is 18.1 Å². The van der Waals surface area contributed by atoms with E-state index in [0.717, 1.165) is 22.0 Å². The van der Waals surface area contributed by atoms with E-state index in [2.05, 4.69) is 20.9 Å². The maximum atomic E-state index is 13.6. The van der Waals surface area contributed by atoms with Crippen molar-refractivity contribution in [3.8, 4) is 0 Å². The standard InChI is InChI=1S/C31H42N6O5S/c1-43-16-14-26(31(41)42)36-30(40)27(18-21-19-34-24-12-6-5-11-22(21)24)37-29(39)25(13-7-8-15-32)35-28(38)23(33)17-20-9-3-2-4-10-20/h2-6,9-12,19,23,25-27,34H,7-8,13-18,32-33H2,1H3,(H,35,38)(H,36,40)(H,37,39)(H,41,42). The average molecular weight is 611 g/mol. The van der Waals surface area contributed by atoms with Crippen LogP contribution in [0.25, 0.3) is 10.9 Å². The maximum Gasteiger partial charge on any atom is 0.326 e. The van der Waals surface area contributed by atoms with Gasteiger partial charge >= 0.3 is 5.97 Å². The fourth-order valence-corrected chi connectivity index (χ4v) is 5.24. The number of aromatic nitrogens is 1. The molecule has 3 rings (SSSR count). The van der Waals surface area contributed by atoms with Crippen LogP contribution in [0.15, 0.2) is 60.8 Å². The predicted molar refractivity (Wildman–Crippen MR) is 169 cm³/mol. The molecule has 232 valence electrons. The van der Waals surface area contributed by atoms with E-state index in [9.17, 15) is 24.3 Å². The van der Waals surface area contributed by atoms with Gasteiger partial charge in [-0.2, -0.15) is 11.8 Å². The second-order valence-electron chi connectivity index (χ2n) is 10.4. The van der Waals surface area contributed by atoms with Crippen molar-refractivity contribution in [2.24, 2.45) is 11.5 Å². The molecule has 1 aromatic heterocycles. The number of aromatic amines is 1. The Labute approximate surface area is 255 Å². The number of amides is 3. The maximum absolute atomic E-state index is 13.6. The first-order chi connectivity index (χ1) is 20.7. The van der Waals surface area contributed by atoms with Crippen LogP contribution in [-0.4, -0.2) is 76.5 Å². The van der Waals surface area contributed by atoms with E-state index in [0.29, 0.717) is 38.0 Å². The second kappa shape index (κ2) is 17.3. The van der Waals surface area contributed by atoms with Gasteiger partial charge in [0.2, 0.25) is 17.7 Å². The third kappa shape index (κ3) is 10.4. The Kier molecular flexibility index (Phi) is 13.5. The smallest absolute Gasteiger partial charge is 0.326 e. The van der Waals surface area contributed by atoms with E-state index >= 15 is 0 Å². The molecule has 0 radical (unpaired) electrons. The molecule has 4 unspecified atom stereocenters. The summed E-state index contributed by atoms with van der Waals surface area (Å²) in [6.45, 7) is 0.425. The molecule has 0 spiro atoms. The molecule has 4 atom stereocenters. The number of carboxylic acids is 1. The highest BCUT2D eigenvalue weighted by Crippen LogP contribution is 2.19. The van der Waals surface area contributed by atoms with Gasteiger partial charge in [0.25, 0.3) is 0 Å². The quantitative estimate of drug-likeness (QED) is 0.106. The SMILES string of the molecule is CSCCC(NC(=O)C(Cc1c[nH]c2ccccc12)NC(=O)C(CCCCN)NC(=O)C(N)Cc1ccccc1)C(=O)O.